The summed E-state index contributed by atoms with van der Waals surface area (Å²) in [4.78, 5) is 33.3. The molecule has 2 aromatic rings. The van der Waals surface area contributed by atoms with E-state index in [0.29, 0.717) is 18.9 Å². The number of carbonyl (C=O) groups excluding carboxylic acids is 1. The molecule has 0 radical (unpaired) electrons. The van der Waals surface area contributed by atoms with Crippen LogP contribution in [-0.4, -0.2) is 77.1 Å². The smallest absolute Gasteiger partial charge is 0.407 e. The van der Waals surface area contributed by atoms with Gasteiger partial charge in [0.05, 0.1) is 13.2 Å². The maximum Gasteiger partial charge on any atom is 0.407 e. The minimum Gasteiger partial charge on any atom is -0.444 e. The number of rotatable bonds is 3. The number of alkyl carbamates (subject to hydrolysis) is 1. The van der Waals surface area contributed by atoms with Crippen molar-refractivity contribution in [3.8, 4) is 0 Å². The Morgan fingerprint density at radius 3 is 2.17 bits per heavy atom. The van der Waals surface area contributed by atoms with Crippen molar-refractivity contribution < 1.29 is 14.3 Å². The van der Waals surface area contributed by atoms with Gasteiger partial charge in [0.15, 0.2) is 11.5 Å². The Labute approximate surface area is 211 Å². The molecular formula is C25H47N7O3. The molecule has 200 valence electrons. The molecule has 2 aromatic heterocycles. The van der Waals surface area contributed by atoms with Crippen molar-refractivity contribution in [3.63, 3.8) is 0 Å². The lowest BCUT2D eigenvalue weighted by Crippen LogP contribution is -2.46. The van der Waals surface area contributed by atoms with Crippen molar-refractivity contribution in [2.24, 2.45) is 0 Å². The molecule has 2 fully saturated rings. The number of amides is 1. The molecule has 0 unspecified atom stereocenters. The Kier molecular flexibility index (Phi) is 13.4. The number of morpholine rings is 1. The Hall–Kier alpha value is -2.62. The molecule has 10 heteroatoms. The second kappa shape index (κ2) is 15.4. The van der Waals surface area contributed by atoms with Crippen molar-refractivity contribution in [2.45, 2.75) is 86.8 Å². The lowest BCUT2D eigenvalue weighted by atomic mass is 10.1. The molecule has 2 aliphatic rings. The van der Waals surface area contributed by atoms with Crippen LogP contribution in [0.25, 0.3) is 11.2 Å². The van der Waals surface area contributed by atoms with Gasteiger partial charge in [0, 0.05) is 32.2 Å². The van der Waals surface area contributed by atoms with Crippen LogP contribution in [0.4, 0.5) is 16.6 Å². The van der Waals surface area contributed by atoms with Crippen LogP contribution in [0.1, 0.15) is 75.2 Å². The number of anilines is 2. The summed E-state index contributed by atoms with van der Waals surface area (Å²) in [6.07, 6.45) is 2.87. The Morgan fingerprint density at radius 2 is 1.60 bits per heavy atom. The summed E-state index contributed by atoms with van der Waals surface area (Å²) in [6.45, 7) is 22.2. The number of nitrogens with one attached hydrogen (secondary N) is 2. The number of aromatic amines is 1. The van der Waals surface area contributed by atoms with Gasteiger partial charge in [-0.05, 0) is 33.6 Å². The molecule has 0 atom stereocenters. The zero-order chi connectivity index (χ0) is 26.4. The summed E-state index contributed by atoms with van der Waals surface area (Å²) >= 11 is 0. The van der Waals surface area contributed by atoms with E-state index in [0.717, 1.165) is 56.3 Å². The SMILES string of the molecule is CC.CC.CC.CC(C)(C)OC(=O)NC1CCN(c2nc3ncnc(N4CCOCC4)c3[nH]2)CC1. The minimum absolute atomic E-state index is 0.106. The molecular weight excluding hydrogens is 446 g/mol. The molecule has 0 aliphatic carbocycles. The standard InChI is InChI=1S/C19H29N7O3.3C2H6/c1-19(2,3)29-18(27)22-13-4-6-26(7-5-13)17-23-14-15(24-17)20-12-21-16(14)25-8-10-28-11-9-25;3*1-2/h12-13H,4-11H2,1-3H3,(H,22,27)(H,20,21,23,24);3*1-2H3. The lowest BCUT2D eigenvalue weighted by molar-refractivity contribution is 0.0497. The van der Waals surface area contributed by atoms with Gasteiger partial charge in [-0.3, -0.25) is 0 Å². The highest BCUT2D eigenvalue weighted by Crippen LogP contribution is 2.26. The molecule has 4 heterocycles. The van der Waals surface area contributed by atoms with Gasteiger partial charge in [-0.15, -0.1) is 0 Å². The highest BCUT2D eigenvalue weighted by molar-refractivity contribution is 5.85. The summed E-state index contributed by atoms with van der Waals surface area (Å²) in [6, 6.07) is 0.106. The maximum atomic E-state index is 12.0. The zero-order valence-corrected chi connectivity index (χ0v) is 23.3. The molecule has 0 bridgehead atoms. The molecule has 1 amide bonds. The van der Waals surface area contributed by atoms with Crippen LogP contribution in [0.5, 0.6) is 0 Å². The monoisotopic (exact) mass is 493 g/mol. The summed E-state index contributed by atoms with van der Waals surface area (Å²) < 4.78 is 10.8. The Balaban J connectivity index is 0.000000949. The molecule has 2 saturated heterocycles. The topological polar surface area (TPSA) is 108 Å². The fourth-order valence-corrected chi connectivity index (χ4v) is 3.68. The van der Waals surface area contributed by atoms with E-state index in [1.807, 2.05) is 62.3 Å². The molecule has 10 nitrogen and oxygen atoms in total. The zero-order valence-electron chi connectivity index (χ0n) is 23.3. The Bertz CT molecular complexity index is 852. The average molecular weight is 494 g/mol. The number of ether oxygens (including phenoxy) is 2. The molecule has 2 N–H and O–H groups in total. The van der Waals surface area contributed by atoms with Gasteiger partial charge in [-0.25, -0.2) is 14.8 Å². The summed E-state index contributed by atoms with van der Waals surface area (Å²) in [7, 11) is 0. The van der Waals surface area contributed by atoms with E-state index < -0.39 is 5.60 Å². The molecule has 4 rings (SSSR count). The van der Waals surface area contributed by atoms with Crippen LogP contribution in [0.2, 0.25) is 0 Å². The van der Waals surface area contributed by atoms with E-state index in [1.165, 1.54) is 0 Å². The number of piperidine rings is 1. The minimum atomic E-state index is -0.488. The van der Waals surface area contributed by atoms with Crippen LogP contribution in [0.3, 0.4) is 0 Å². The van der Waals surface area contributed by atoms with Crippen molar-refractivity contribution in [1.82, 2.24) is 25.3 Å². The van der Waals surface area contributed by atoms with Crippen molar-refractivity contribution in [3.05, 3.63) is 6.33 Å². The molecule has 35 heavy (non-hydrogen) atoms. The molecule has 0 spiro atoms. The predicted octanol–water partition coefficient (Wildman–Crippen LogP) is 4.76. The summed E-state index contributed by atoms with van der Waals surface area (Å²) in [5.74, 6) is 1.67. The second-order valence-electron chi connectivity index (χ2n) is 8.46. The molecule has 2 aliphatic heterocycles. The van der Waals surface area contributed by atoms with Crippen LogP contribution >= 0.6 is 0 Å². The number of imidazole rings is 1. The van der Waals surface area contributed by atoms with Gasteiger partial charge in [0.25, 0.3) is 0 Å². The van der Waals surface area contributed by atoms with Gasteiger partial charge in [0.2, 0.25) is 5.95 Å². The first kappa shape index (κ1) is 30.4. The van der Waals surface area contributed by atoms with Crippen molar-refractivity contribution in [1.29, 1.82) is 0 Å². The maximum absolute atomic E-state index is 12.0. The van der Waals surface area contributed by atoms with Gasteiger partial charge in [-0.2, -0.15) is 4.98 Å². The van der Waals surface area contributed by atoms with Crippen LogP contribution in [0.15, 0.2) is 6.33 Å². The number of hydrogen-bond donors (Lipinski definition) is 2. The first-order valence-corrected chi connectivity index (χ1v) is 13.2. The molecule has 0 aromatic carbocycles. The first-order valence-electron chi connectivity index (χ1n) is 13.2. The van der Waals surface area contributed by atoms with Crippen LogP contribution in [-0.2, 0) is 9.47 Å². The van der Waals surface area contributed by atoms with Gasteiger partial charge >= 0.3 is 6.09 Å². The number of H-pyrrole nitrogens is 1. The van der Waals surface area contributed by atoms with E-state index >= 15 is 0 Å². The lowest BCUT2D eigenvalue weighted by Gasteiger charge is -2.32. The van der Waals surface area contributed by atoms with Crippen molar-refractivity contribution in [2.75, 3.05) is 49.2 Å². The summed E-state index contributed by atoms with van der Waals surface area (Å²) in [5.41, 5.74) is 1.04. The predicted molar refractivity (Wildman–Crippen MR) is 143 cm³/mol. The number of nitrogens with zero attached hydrogens (tertiary/aromatic N) is 5. The first-order chi connectivity index (χ1) is 16.9. The van der Waals surface area contributed by atoms with E-state index in [9.17, 15) is 4.79 Å². The third kappa shape index (κ3) is 9.16. The van der Waals surface area contributed by atoms with Crippen LogP contribution in [0, 0.1) is 0 Å². The highest BCUT2D eigenvalue weighted by Gasteiger charge is 2.26. The van der Waals surface area contributed by atoms with E-state index in [-0.39, 0.29) is 12.1 Å². The third-order valence-electron chi connectivity index (χ3n) is 5.08. The Morgan fingerprint density at radius 1 is 1.00 bits per heavy atom. The van der Waals surface area contributed by atoms with Gasteiger partial charge in [-0.1, -0.05) is 41.5 Å². The highest BCUT2D eigenvalue weighted by atomic mass is 16.6. The number of carbonyl (C=O) groups is 1. The van der Waals surface area contributed by atoms with E-state index in [2.05, 4.69) is 35.1 Å². The number of fused-ring (bicyclic) bond motifs is 1. The largest absolute Gasteiger partial charge is 0.444 e. The quantitative estimate of drug-likeness (QED) is 0.630. The number of hydrogen-bond acceptors (Lipinski definition) is 8. The van der Waals surface area contributed by atoms with Gasteiger partial charge in [0.1, 0.15) is 17.4 Å². The average Bonchev–Trinajstić information content (AvgIpc) is 3.32. The number of aromatic nitrogens is 4. The normalized spacial score (nSPS) is 16.1. The molecule has 0 saturated carbocycles. The summed E-state index contributed by atoms with van der Waals surface area (Å²) in [5, 5.41) is 2.97. The van der Waals surface area contributed by atoms with Crippen molar-refractivity contribution >= 4 is 29.0 Å². The fourth-order valence-electron chi connectivity index (χ4n) is 3.68. The van der Waals surface area contributed by atoms with E-state index in [4.69, 9.17) is 9.47 Å². The third-order valence-corrected chi connectivity index (χ3v) is 5.08. The second-order valence-corrected chi connectivity index (χ2v) is 8.46. The fraction of sp³-hybridized carbons (Fsp3) is 0.760. The van der Waals surface area contributed by atoms with Gasteiger partial charge < -0.3 is 29.6 Å². The van der Waals surface area contributed by atoms with Crippen LogP contribution < -0.4 is 15.1 Å². The van der Waals surface area contributed by atoms with E-state index in [1.54, 1.807) is 6.33 Å².